The molecule has 2 aromatic rings. The van der Waals surface area contributed by atoms with E-state index < -0.39 is 0 Å². The van der Waals surface area contributed by atoms with Crippen LogP contribution in [0.1, 0.15) is 17.5 Å². The van der Waals surface area contributed by atoms with E-state index in [1.165, 1.54) is 35.3 Å². The Labute approximate surface area is 114 Å². The van der Waals surface area contributed by atoms with Gasteiger partial charge in [-0.2, -0.15) is 0 Å². The average molecular weight is 253 g/mol. The second kappa shape index (κ2) is 5.41. The maximum atomic E-state index is 4.31. The van der Waals surface area contributed by atoms with Crippen molar-refractivity contribution in [2.45, 2.75) is 19.4 Å². The summed E-state index contributed by atoms with van der Waals surface area (Å²) >= 11 is 0. The molecule has 1 N–H and O–H groups in total. The van der Waals surface area contributed by atoms with Gasteiger partial charge in [0.2, 0.25) is 0 Å². The van der Waals surface area contributed by atoms with Gasteiger partial charge in [0.1, 0.15) is 0 Å². The van der Waals surface area contributed by atoms with Crippen LogP contribution < -0.4 is 10.2 Å². The Morgan fingerprint density at radius 3 is 3.00 bits per heavy atom. The molecule has 0 spiro atoms. The van der Waals surface area contributed by atoms with Gasteiger partial charge in [-0.3, -0.25) is 4.98 Å². The normalized spacial score (nSPS) is 14.3. The highest BCUT2D eigenvalue weighted by atomic mass is 15.2. The fourth-order valence-electron chi connectivity index (χ4n) is 2.78. The molecule has 19 heavy (non-hydrogen) atoms. The molecule has 2 heterocycles. The molecule has 0 bridgehead atoms. The number of rotatable bonds is 3. The number of hydrogen-bond donors (Lipinski definition) is 1. The summed E-state index contributed by atoms with van der Waals surface area (Å²) < 4.78 is 0. The topological polar surface area (TPSA) is 28.2 Å². The first-order valence-corrected chi connectivity index (χ1v) is 6.83. The van der Waals surface area contributed by atoms with Gasteiger partial charge in [0.25, 0.3) is 0 Å². The molecule has 0 amide bonds. The van der Waals surface area contributed by atoms with Gasteiger partial charge >= 0.3 is 0 Å². The molecule has 0 saturated heterocycles. The van der Waals surface area contributed by atoms with Gasteiger partial charge < -0.3 is 10.2 Å². The smallest absolute Gasteiger partial charge is 0.0642 e. The van der Waals surface area contributed by atoms with E-state index in [4.69, 9.17) is 0 Å². The summed E-state index contributed by atoms with van der Waals surface area (Å²) in [7, 11) is 1.98. The molecule has 0 unspecified atom stereocenters. The van der Waals surface area contributed by atoms with Crippen LogP contribution in [-0.4, -0.2) is 18.6 Å². The highest BCUT2D eigenvalue weighted by molar-refractivity contribution is 5.69. The van der Waals surface area contributed by atoms with Crippen molar-refractivity contribution < 1.29 is 0 Å². The summed E-state index contributed by atoms with van der Waals surface area (Å²) in [6, 6.07) is 10.8. The molecule has 1 aromatic heterocycles. The minimum Gasteiger partial charge on any atom is -0.340 e. The molecule has 3 rings (SSSR count). The van der Waals surface area contributed by atoms with Gasteiger partial charge in [-0.25, -0.2) is 0 Å². The van der Waals surface area contributed by atoms with E-state index in [0.29, 0.717) is 0 Å². The van der Waals surface area contributed by atoms with Crippen LogP contribution in [0.3, 0.4) is 0 Å². The quantitative estimate of drug-likeness (QED) is 0.911. The van der Waals surface area contributed by atoms with Crippen LogP contribution in [-0.2, 0) is 13.0 Å². The molecule has 0 radical (unpaired) electrons. The van der Waals surface area contributed by atoms with Gasteiger partial charge in [0.15, 0.2) is 0 Å². The van der Waals surface area contributed by atoms with Crippen LogP contribution in [0.25, 0.3) is 0 Å². The fourth-order valence-corrected chi connectivity index (χ4v) is 2.78. The number of benzene rings is 1. The lowest BCUT2D eigenvalue weighted by Crippen LogP contribution is -2.26. The molecule has 98 valence electrons. The predicted molar refractivity (Wildman–Crippen MR) is 78.8 cm³/mol. The molecular formula is C16H19N3. The van der Waals surface area contributed by atoms with Crippen molar-refractivity contribution in [1.29, 1.82) is 0 Å². The number of nitrogens with zero attached hydrogens (tertiary/aromatic N) is 2. The zero-order valence-electron chi connectivity index (χ0n) is 11.3. The minimum atomic E-state index is 0.872. The first kappa shape index (κ1) is 12.2. The van der Waals surface area contributed by atoms with E-state index in [2.05, 4.69) is 45.5 Å². The van der Waals surface area contributed by atoms with Gasteiger partial charge in [0.05, 0.1) is 11.9 Å². The molecular weight excluding hydrogens is 234 g/mol. The zero-order valence-corrected chi connectivity index (χ0v) is 11.3. The van der Waals surface area contributed by atoms with Crippen LogP contribution in [0.4, 0.5) is 11.4 Å². The van der Waals surface area contributed by atoms with Crippen molar-refractivity contribution >= 4 is 11.4 Å². The second-order valence-electron chi connectivity index (χ2n) is 4.92. The Morgan fingerprint density at radius 2 is 2.11 bits per heavy atom. The maximum Gasteiger partial charge on any atom is 0.0642 e. The summed E-state index contributed by atoms with van der Waals surface area (Å²) in [4.78, 5) is 6.71. The first-order chi connectivity index (χ1) is 9.40. The van der Waals surface area contributed by atoms with Gasteiger partial charge in [-0.15, -0.1) is 0 Å². The lowest BCUT2D eigenvalue weighted by atomic mass is 10.0. The number of aryl methyl sites for hydroxylation is 1. The van der Waals surface area contributed by atoms with Gasteiger partial charge in [-0.1, -0.05) is 18.2 Å². The maximum absolute atomic E-state index is 4.31. The number of fused-ring (bicyclic) bond motifs is 1. The number of anilines is 2. The minimum absolute atomic E-state index is 0.872. The third kappa shape index (κ3) is 2.34. The molecule has 0 aliphatic carbocycles. The average Bonchev–Trinajstić information content (AvgIpc) is 2.48. The van der Waals surface area contributed by atoms with Crippen molar-refractivity contribution in [2.75, 3.05) is 18.5 Å². The molecule has 3 heteroatoms. The predicted octanol–water partition coefficient (Wildman–Crippen LogP) is 2.89. The van der Waals surface area contributed by atoms with Crippen molar-refractivity contribution in [3.05, 3.63) is 53.9 Å². The van der Waals surface area contributed by atoms with Crippen molar-refractivity contribution in [3.8, 4) is 0 Å². The number of pyridine rings is 1. The fraction of sp³-hybridized carbons (Fsp3) is 0.312. The van der Waals surface area contributed by atoms with E-state index in [1.54, 1.807) is 0 Å². The van der Waals surface area contributed by atoms with E-state index >= 15 is 0 Å². The van der Waals surface area contributed by atoms with Crippen LogP contribution in [0.15, 0.2) is 42.7 Å². The number of nitrogens with one attached hydrogen (secondary N) is 1. The van der Waals surface area contributed by atoms with Crippen LogP contribution >= 0.6 is 0 Å². The lowest BCUT2D eigenvalue weighted by Gasteiger charge is -2.32. The number of para-hydroxylation sites is 1. The molecule has 1 aliphatic heterocycles. The Morgan fingerprint density at radius 1 is 1.21 bits per heavy atom. The molecule has 0 saturated carbocycles. The largest absolute Gasteiger partial charge is 0.340 e. The van der Waals surface area contributed by atoms with Gasteiger partial charge in [0, 0.05) is 25.0 Å². The number of aromatic nitrogens is 1. The standard InChI is InChI=1S/C16H19N3/c1-17-11-14-8-9-18-12-16(14)19-10-4-6-13-5-2-3-7-15(13)19/h2-3,5,7-9,12,17H,4,6,10-11H2,1H3. The second-order valence-corrected chi connectivity index (χ2v) is 4.92. The van der Waals surface area contributed by atoms with Gasteiger partial charge in [-0.05, 0) is 43.1 Å². The summed E-state index contributed by atoms with van der Waals surface area (Å²) in [5, 5.41) is 3.23. The van der Waals surface area contributed by atoms with Crippen molar-refractivity contribution in [2.24, 2.45) is 0 Å². The summed E-state index contributed by atoms with van der Waals surface area (Å²) in [6.07, 6.45) is 6.22. The Kier molecular flexibility index (Phi) is 3.47. The molecule has 0 fully saturated rings. The van der Waals surface area contributed by atoms with Crippen molar-refractivity contribution in [1.82, 2.24) is 10.3 Å². The molecule has 1 aromatic carbocycles. The number of hydrogen-bond acceptors (Lipinski definition) is 3. The van der Waals surface area contributed by atoms with E-state index in [9.17, 15) is 0 Å². The monoisotopic (exact) mass is 253 g/mol. The summed E-state index contributed by atoms with van der Waals surface area (Å²) in [5.41, 5.74) is 5.30. The molecule has 1 aliphatic rings. The third-order valence-corrected chi connectivity index (χ3v) is 3.66. The highest BCUT2D eigenvalue weighted by Gasteiger charge is 2.19. The first-order valence-electron chi connectivity index (χ1n) is 6.83. The van der Waals surface area contributed by atoms with Crippen LogP contribution in [0.5, 0.6) is 0 Å². The summed E-state index contributed by atoms with van der Waals surface area (Å²) in [5.74, 6) is 0. The van der Waals surface area contributed by atoms with E-state index in [1.807, 2.05) is 19.4 Å². The molecule has 0 atom stereocenters. The SMILES string of the molecule is CNCc1ccncc1N1CCCc2ccccc21. The Hall–Kier alpha value is -1.87. The lowest BCUT2D eigenvalue weighted by molar-refractivity contribution is 0.753. The third-order valence-electron chi connectivity index (χ3n) is 3.66. The van der Waals surface area contributed by atoms with Crippen LogP contribution in [0.2, 0.25) is 0 Å². The summed E-state index contributed by atoms with van der Waals surface area (Å²) in [6.45, 7) is 1.94. The Bertz CT molecular complexity index is 565. The highest BCUT2D eigenvalue weighted by Crippen LogP contribution is 2.34. The molecule has 3 nitrogen and oxygen atoms in total. The van der Waals surface area contributed by atoms with E-state index in [0.717, 1.165) is 13.1 Å². The van der Waals surface area contributed by atoms with Crippen molar-refractivity contribution in [3.63, 3.8) is 0 Å². The van der Waals surface area contributed by atoms with E-state index in [-0.39, 0.29) is 0 Å². The van der Waals surface area contributed by atoms with Crippen LogP contribution in [0, 0.1) is 0 Å². The zero-order chi connectivity index (χ0) is 13.1. The Balaban J connectivity index is 2.04.